The number of phenols is 1. The number of benzene rings is 3. The van der Waals surface area contributed by atoms with Crippen LogP contribution in [0.5, 0.6) is 5.75 Å². The second-order valence-electron chi connectivity index (χ2n) is 13.6. The summed E-state index contributed by atoms with van der Waals surface area (Å²) in [6.45, 7) is 12.1. The van der Waals surface area contributed by atoms with E-state index in [4.69, 9.17) is 14.5 Å². The van der Waals surface area contributed by atoms with Gasteiger partial charge < -0.3 is 19.9 Å². The van der Waals surface area contributed by atoms with Crippen molar-refractivity contribution in [2.45, 2.75) is 72.1 Å². The van der Waals surface area contributed by atoms with Crippen LogP contribution in [0.15, 0.2) is 72.9 Å². The normalized spacial score (nSPS) is 12.4. The molecule has 11 nitrogen and oxygen atoms in total. The van der Waals surface area contributed by atoms with Crippen molar-refractivity contribution in [3.63, 3.8) is 0 Å². The van der Waals surface area contributed by atoms with Crippen molar-refractivity contribution in [1.29, 1.82) is 0 Å². The number of carbonyl (C=O) groups excluding carboxylic acids is 2. The van der Waals surface area contributed by atoms with Crippen LogP contribution in [0.3, 0.4) is 0 Å². The van der Waals surface area contributed by atoms with Crippen LogP contribution in [0, 0.1) is 5.82 Å². The number of pyridine rings is 1. The predicted octanol–water partition coefficient (Wildman–Crippen LogP) is 8.32. The monoisotopic (exact) mass is 668 g/mol. The topological polar surface area (TPSA) is 132 Å². The number of hydrogen-bond donors (Lipinski definition) is 2. The molecule has 0 aliphatic heterocycles. The number of anilines is 2. The molecule has 5 aromatic rings. The molecule has 2 N–H and O–H groups in total. The first kappa shape index (κ1) is 34.8. The number of amides is 2. The fraction of sp³-hybridized carbons (Fsp3) is 0.324. The molecule has 2 heterocycles. The zero-order valence-electron chi connectivity index (χ0n) is 28.9. The molecule has 5 rings (SSSR count). The van der Waals surface area contributed by atoms with Gasteiger partial charge in [-0.05, 0) is 89.2 Å². The molecule has 0 bridgehead atoms. The number of rotatable bonds is 7. The van der Waals surface area contributed by atoms with Gasteiger partial charge in [-0.25, -0.2) is 23.9 Å². The molecule has 49 heavy (non-hydrogen) atoms. The third kappa shape index (κ3) is 7.97. The van der Waals surface area contributed by atoms with E-state index >= 15 is 4.39 Å². The molecule has 0 aliphatic carbocycles. The number of aromatic hydroxyl groups is 1. The Kier molecular flexibility index (Phi) is 9.62. The van der Waals surface area contributed by atoms with Crippen LogP contribution in [0.25, 0.3) is 22.2 Å². The minimum absolute atomic E-state index is 0.0246. The molecular formula is C37H41FN6O5. The van der Waals surface area contributed by atoms with Crippen molar-refractivity contribution in [3.05, 3.63) is 95.7 Å². The Morgan fingerprint density at radius 3 is 2.22 bits per heavy atom. The van der Waals surface area contributed by atoms with Gasteiger partial charge in [-0.2, -0.15) is 10.00 Å². The SMILES string of the molecule is CCc1cc(O)c(F)c(C(Nc2ccc3c(N(C(=O)OC(C)(C)C)C(=O)OC(C)(C)C)nccc3c2)c2nc(-c3ccccc3)nn2C)c1. The van der Waals surface area contributed by atoms with Gasteiger partial charge in [0.15, 0.2) is 29.0 Å². The third-order valence-corrected chi connectivity index (χ3v) is 7.37. The smallest absolute Gasteiger partial charge is 0.425 e. The lowest BCUT2D eigenvalue weighted by atomic mass is 9.99. The predicted molar refractivity (Wildman–Crippen MR) is 186 cm³/mol. The molecule has 2 amide bonds. The summed E-state index contributed by atoms with van der Waals surface area (Å²) < 4.78 is 28.5. The molecule has 2 aromatic heterocycles. The molecule has 12 heteroatoms. The van der Waals surface area contributed by atoms with Gasteiger partial charge in [0.1, 0.15) is 17.2 Å². The van der Waals surface area contributed by atoms with Gasteiger partial charge in [0.2, 0.25) is 0 Å². The highest BCUT2D eigenvalue weighted by Crippen LogP contribution is 2.35. The number of nitrogens with one attached hydrogen (secondary N) is 1. The minimum atomic E-state index is -0.938. The molecule has 0 fully saturated rings. The maximum absolute atomic E-state index is 15.8. The number of carbonyl (C=O) groups is 2. The van der Waals surface area contributed by atoms with Crippen LogP contribution in [0.4, 0.5) is 25.5 Å². The number of halogens is 1. The summed E-state index contributed by atoms with van der Waals surface area (Å²) in [4.78, 5) is 36.7. The van der Waals surface area contributed by atoms with Crippen LogP contribution in [0.2, 0.25) is 0 Å². The van der Waals surface area contributed by atoms with Gasteiger partial charge in [-0.3, -0.25) is 4.68 Å². The number of aromatic nitrogens is 4. The van der Waals surface area contributed by atoms with Crippen LogP contribution in [-0.2, 0) is 22.9 Å². The van der Waals surface area contributed by atoms with Crippen LogP contribution in [0.1, 0.15) is 71.5 Å². The Morgan fingerprint density at radius 2 is 1.61 bits per heavy atom. The quantitative estimate of drug-likeness (QED) is 0.176. The summed E-state index contributed by atoms with van der Waals surface area (Å²) in [5.41, 5.74) is 0.480. The summed E-state index contributed by atoms with van der Waals surface area (Å²) in [6, 6.07) is 18.6. The average molecular weight is 669 g/mol. The number of fused-ring (bicyclic) bond motifs is 1. The Morgan fingerprint density at radius 1 is 0.959 bits per heavy atom. The molecule has 0 saturated heterocycles. The number of hydrogen-bond acceptors (Lipinski definition) is 9. The van der Waals surface area contributed by atoms with Crippen molar-refractivity contribution in [2.24, 2.45) is 7.05 Å². The Labute approximate surface area is 284 Å². The summed E-state index contributed by atoms with van der Waals surface area (Å²) >= 11 is 0. The van der Waals surface area contributed by atoms with Crippen molar-refractivity contribution >= 4 is 34.5 Å². The lowest BCUT2D eigenvalue weighted by molar-refractivity contribution is 0.0429. The van der Waals surface area contributed by atoms with Gasteiger partial charge in [0.25, 0.3) is 0 Å². The maximum atomic E-state index is 15.8. The highest BCUT2D eigenvalue weighted by molar-refractivity contribution is 6.14. The Hall–Kier alpha value is -5.52. The molecule has 1 unspecified atom stereocenters. The van der Waals surface area contributed by atoms with Gasteiger partial charge in [0, 0.05) is 35.4 Å². The summed E-state index contributed by atoms with van der Waals surface area (Å²) in [5.74, 6) is -0.361. The first-order valence-corrected chi connectivity index (χ1v) is 15.9. The number of phenolic OH excluding ortho intramolecular Hbond substituents is 1. The standard InChI is InChI=1S/C37H41FN6O5/c1-9-22-19-27(29(38)28(45)20-22)30(33-41-31(42-43(33)8)23-13-11-10-12-14-23)40-25-15-16-26-24(21-25)17-18-39-32(26)44(34(46)48-36(2,3)4)35(47)49-37(5,6)7/h10-21,30,40,45H,9H2,1-8H3. The lowest BCUT2D eigenvalue weighted by Crippen LogP contribution is -2.44. The molecule has 256 valence electrons. The van der Waals surface area contributed by atoms with Gasteiger partial charge in [0.05, 0.1) is 0 Å². The molecule has 0 spiro atoms. The van der Waals surface area contributed by atoms with Crippen LogP contribution >= 0.6 is 0 Å². The van der Waals surface area contributed by atoms with Crippen LogP contribution in [-0.4, -0.2) is 48.2 Å². The van der Waals surface area contributed by atoms with Gasteiger partial charge >= 0.3 is 12.2 Å². The van der Waals surface area contributed by atoms with E-state index in [9.17, 15) is 14.7 Å². The van der Waals surface area contributed by atoms with E-state index in [-0.39, 0.29) is 11.4 Å². The number of nitrogens with zero attached hydrogens (tertiary/aromatic N) is 5. The van der Waals surface area contributed by atoms with E-state index in [1.807, 2.05) is 37.3 Å². The average Bonchev–Trinajstić information content (AvgIpc) is 3.41. The highest BCUT2D eigenvalue weighted by Gasteiger charge is 2.35. The molecule has 3 aromatic carbocycles. The summed E-state index contributed by atoms with van der Waals surface area (Å²) in [6.07, 6.45) is 0.162. The zero-order chi connectivity index (χ0) is 35.7. The van der Waals surface area contributed by atoms with E-state index in [0.29, 0.717) is 34.5 Å². The highest BCUT2D eigenvalue weighted by atomic mass is 19.1. The van der Waals surface area contributed by atoms with Crippen LogP contribution < -0.4 is 10.2 Å². The maximum Gasteiger partial charge on any atom is 0.425 e. The van der Waals surface area contributed by atoms with E-state index in [2.05, 4.69) is 15.4 Å². The molecule has 0 radical (unpaired) electrons. The van der Waals surface area contributed by atoms with Crippen molar-refractivity contribution in [2.75, 3.05) is 10.2 Å². The van der Waals surface area contributed by atoms with E-state index in [1.54, 1.807) is 83.6 Å². The second kappa shape index (κ2) is 13.5. The lowest BCUT2D eigenvalue weighted by Gasteiger charge is -2.28. The Balaban J connectivity index is 1.61. The van der Waals surface area contributed by atoms with Gasteiger partial charge in [-0.1, -0.05) is 43.3 Å². The zero-order valence-corrected chi connectivity index (χ0v) is 28.9. The van der Waals surface area contributed by atoms with Gasteiger partial charge in [-0.15, -0.1) is 0 Å². The molecule has 0 saturated carbocycles. The van der Waals surface area contributed by atoms with Crippen molar-refractivity contribution in [3.8, 4) is 17.1 Å². The number of aryl methyl sites for hydroxylation is 2. The molecule has 0 aliphatic rings. The van der Waals surface area contributed by atoms with Crippen molar-refractivity contribution < 1.29 is 28.6 Å². The van der Waals surface area contributed by atoms with E-state index in [1.165, 1.54) is 12.3 Å². The third-order valence-electron chi connectivity index (χ3n) is 7.37. The fourth-order valence-corrected chi connectivity index (χ4v) is 5.20. The number of ether oxygens (including phenoxy) is 2. The minimum Gasteiger partial charge on any atom is -0.505 e. The van der Waals surface area contributed by atoms with E-state index < -0.39 is 41.0 Å². The second-order valence-corrected chi connectivity index (χ2v) is 13.6. The summed E-state index contributed by atoms with van der Waals surface area (Å²) in [5, 5.41) is 19.6. The first-order chi connectivity index (χ1) is 23.0. The number of imide groups is 1. The molecular weight excluding hydrogens is 627 g/mol. The largest absolute Gasteiger partial charge is 0.505 e. The fourth-order valence-electron chi connectivity index (χ4n) is 5.20. The van der Waals surface area contributed by atoms with E-state index in [0.717, 1.165) is 16.0 Å². The molecule has 1 atom stereocenters. The van der Waals surface area contributed by atoms with Crippen molar-refractivity contribution in [1.82, 2.24) is 19.7 Å². The first-order valence-electron chi connectivity index (χ1n) is 15.9. The Bertz CT molecular complexity index is 1970. The summed E-state index contributed by atoms with van der Waals surface area (Å²) in [7, 11) is 1.73.